The minimum Gasteiger partial charge on any atom is -0.384 e. The van der Waals surface area contributed by atoms with E-state index in [-0.39, 0.29) is 5.78 Å². The number of nitrogens with zero attached hydrogens (tertiary/aromatic N) is 2. The van der Waals surface area contributed by atoms with Crippen molar-refractivity contribution in [1.29, 1.82) is 0 Å². The number of anilines is 2. The van der Waals surface area contributed by atoms with E-state index in [2.05, 4.69) is 57.6 Å². The summed E-state index contributed by atoms with van der Waals surface area (Å²) in [6.45, 7) is 0.678. The maximum atomic E-state index is 12.6. The Balaban J connectivity index is 1.91. The average molecular weight is 361 g/mol. The maximum Gasteiger partial charge on any atom is 0.166 e. The molecule has 1 heterocycles. The van der Waals surface area contributed by atoms with E-state index in [1.54, 1.807) is 0 Å². The van der Waals surface area contributed by atoms with Crippen LogP contribution in [0.5, 0.6) is 0 Å². The summed E-state index contributed by atoms with van der Waals surface area (Å²) in [6, 6.07) is 16.5. The second kappa shape index (κ2) is 8.12. The molecule has 2 aromatic carbocycles. The highest BCUT2D eigenvalue weighted by atomic mass is 16.1. The summed E-state index contributed by atoms with van der Waals surface area (Å²) in [5.74, 6) is 0.182. The summed E-state index contributed by atoms with van der Waals surface area (Å²) in [5.41, 5.74) is 6.04. The summed E-state index contributed by atoms with van der Waals surface area (Å²) in [7, 11) is 8.09. The average Bonchev–Trinajstić information content (AvgIpc) is 2.65. The smallest absolute Gasteiger partial charge is 0.166 e. The highest BCUT2D eigenvalue weighted by Crippen LogP contribution is 2.23. The van der Waals surface area contributed by atoms with Gasteiger partial charge in [-0.3, -0.25) is 4.79 Å². The Bertz CT molecular complexity index is 860. The highest BCUT2D eigenvalue weighted by Gasteiger charge is 2.19. The fourth-order valence-corrected chi connectivity index (χ4v) is 3.05. The molecule has 140 valence electrons. The number of carbonyl (C=O) groups excluding carboxylic acids is 1. The van der Waals surface area contributed by atoms with E-state index in [4.69, 9.17) is 0 Å². The molecule has 0 radical (unpaired) electrons. The molecule has 1 aliphatic rings. The summed E-state index contributed by atoms with van der Waals surface area (Å²) in [5, 5.41) is 3.39. The second-order valence-electron chi connectivity index (χ2n) is 7.19. The van der Waals surface area contributed by atoms with Crippen molar-refractivity contribution in [2.45, 2.75) is 6.42 Å². The number of hydrogen-bond acceptors (Lipinski definition) is 4. The van der Waals surface area contributed by atoms with Crippen molar-refractivity contribution < 1.29 is 4.79 Å². The lowest BCUT2D eigenvalue weighted by Gasteiger charge is -2.20. The van der Waals surface area contributed by atoms with E-state index >= 15 is 0 Å². The second-order valence-corrected chi connectivity index (χ2v) is 7.19. The van der Waals surface area contributed by atoms with E-state index in [0.717, 1.165) is 33.8 Å². The Kier molecular flexibility index (Phi) is 5.65. The quantitative estimate of drug-likeness (QED) is 0.840. The van der Waals surface area contributed by atoms with Crippen LogP contribution in [0.25, 0.3) is 12.2 Å². The Morgan fingerprint density at radius 2 is 1.26 bits per heavy atom. The molecule has 0 spiro atoms. The van der Waals surface area contributed by atoms with E-state index in [1.165, 1.54) is 0 Å². The van der Waals surface area contributed by atoms with Crippen LogP contribution in [0.3, 0.4) is 0 Å². The number of nitrogens with one attached hydrogen (secondary N) is 1. The number of benzene rings is 2. The Morgan fingerprint density at radius 3 is 1.74 bits per heavy atom. The minimum absolute atomic E-state index is 0.182. The molecule has 3 rings (SSSR count). The van der Waals surface area contributed by atoms with E-state index in [0.29, 0.717) is 13.0 Å². The number of carbonyl (C=O) groups is 1. The van der Waals surface area contributed by atoms with Crippen LogP contribution in [0.2, 0.25) is 0 Å². The van der Waals surface area contributed by atoms with Gasteiger partial charge in [0.25, 0.3) is 0 Å². The normalized spacial score (nSPS) is 17.1. The molecule has 0 aromatic heterocycles. The Hall–Kier alpha value is -3.01. The first-order chi connectivity index (χ1) is 12.9. The van der Waals surface area contributed by atoms with Crippen LogP contribution in [0.15, 0.2) is 59.8 Å². The number of rotatable bonds is 4. The fourth-order valence-electron chi connectivity index (χ4n) is 3.05. The number of allylic oxidation sites excluding steroid dienone is 1. The molecule has 0 saturated carbocycles. The van der Waals surface area contributed by atoms with Crippen molar-refractivity contribution in [3.63, 3.8) is 0 Å². The van der Waals surface area contributed by atoms with Crippen LogP contribution in [-0.4, -0.2) is 40.5 Å². The van der Waals surface area contributed by atoms with Crippen molar-refractivity contribution >= 4 is 29.3 Å². The number of ketones is 1. The molecule has 0 bridgehead atoms. The van der Waals surface area contributed by atoms with Crippen molar-refractivity contribution in [1.82, 2.24) is 5.32 Å². The Labute approximate surface area is 161 Å². The van der Waals surface area contributed by atoms with Crippen LogP contribution >= 0.6 is 0 Å². The topological polar surface area (TPSA) is 35.6 Å². The molecule has 27 heavy (non-hydrogen) atoms. The van der Waals surface area contributed by atoms with Crippen molar-refractivity contribution in [2.24, 2.45) is 0 Å². The monoisotopic (exact) mass is 361 g/mol. The van der Waals surface area contributed by atoms with Crippen LogP contribution < -0.4 is 15.1 Å². The van der Waals surface area contributed by atoms with Gasteiger partial charge in [0, 0.05) is 63.8 Å². The maximum absolute atomic E-state index is 12.6. The van der Waals surface area contributed by atoms with Crippen LogP contribution in [0, 0.1) is 0 Å². The van der Waals surface area contributed by atoms with E-state index in [1.807, 2.05) is 46.4 Å². The van der Waals surface area contributed by atoms with Gasteiger partial charge in [-0.25, -0.2) is 0 Å². The van der Waals surface area contributed by atoms with Crippen molar-refractivity contribution in [3.8, 4) is 0 Å². The van der Waals surface area contributed by atoms with Gasteiger partial charge in [0.15, 0.2) is 5.78 Å². The van der Waals surface area contributed by atoms with Crippen LogP contribution in [-0.2, 0) is 4.79 Å². The lowest BCUT2D eigenvalue weighted by atomic mass is 9.96. The zero-order valence-electron chi connectivity index (χ0n) is 16.5. The molecule has 0 unspecified atom stereocenters. The van der Waals surface area contributed by atoms with Gasteiger partial charge in [-0.1, -0.05) is 24.3 Å². The molecule has 0 aliphatic carbocycles. The number of Topliss-reactive ketones (excluding diaryl/α,β-unsaturated/α-hetero) is 1. The fraction of sp³-hybridized carbons (Fsp3) is 0.261. The van der Waals surface area contributed by atoms with Gasteiger partial charge in [-0.15, -0.1) is 0 Å². The summed E-state index contributed by atoms with van der Waals surface area (Å²) >= 11 is 0. The predicted molar refractivity (Wildman–Crippen MR) is 115 cm³/mol. The molecule has 1 saturated heterocycles. The van der Waals surface area contributed by atoms with E-state index < -0.39 is 0 Å². The lowest BCUT2D eigenvalue weighted by molar-refractivity contribution is -0.115. The first kappa shape index (κ1) is 18.8. The predicted octanol–water partition coefficient (Wildman–Crippen LogP) is 3.81. The van der Waals surface area contributed by atoms with Crippen LogP contribution in [0.1, 0.15) is 17.5 Å². The van der Waals surface area contributed by atoms with Crippen LogP contribution in [0.4, 0.5) is 11.4 Å². The third kappa shape index (κ3) is 4.59. The zero-order valence-corrected chi connectivity index (χ0v) is 16.5. The molecule has 1 aliphatic heterocycles. The SMILES string of the molecule is CN(C)c1ccc(C=C2NCCC(=O)C2=Cc2ccc(N(C)C)cc2)cc1. The van der Waals surface area contributed by atoms with Crippen molar-refractivity contribution in [3.05, 3.63) is 70.9 Å². The molecule has 4 nitrogen and oxygen atoms in total. The summed E-state index contributed by atoms with van der Waals surface area (Å²) < 4.78 is 0. The standard InChI is InChI=1S/C23H27N3O/c1-25(2)19-9-5-17(6-10-19)15-21-22(24-14-13-23(21)27)16-18-7-11-20(12-8-18)26(3)4/h5-12,15-16,24H,13-14H2,1-4H3. The molecule has 1 fully saturated rings. The van der Waals surface area contributed by atoms with Gasteiger partial charge in [0.05, 0.1) is 0 Å². The third-order valence-corrected chi connectivity index (χ3v) is 4.70. The van der Waals surface area contributed by atoms with Gasteiger partial charge in [-0.2, -0.15) is 0 Å². The van der Waals surface area contributed by atoms with Gasteiger partial charge in [-0.05, 0) is 47.5 Å². The van der Waals surface area contributed by atoms with Gasteiger partial charge < -0.3 is 15.1 Å². The molecular weight excluding hydrogens is 334 g/mol. The van der Waals surface area contributed by atoms with Crippen molar-refractivity contribution in [2.75, 3.05) is 44.5 Å². The molecule has 0 atom stereocenters. The largest absolute Gasteiger partial charge is 0.384 e. The Morgan fingerprint density at radius 1 is 0.778 bits per heavy atom. The summed E-state index contributed by atoms with van der Waals surface area (Å²) in [6.07, 6.45) is 4.56. The number of hydrogen-bond donors (Lipinski definition) is 1. The first-order valence-corrected chi connectivity index (χ1v) is 9.19. The minimum atomic E-state index is 0.182. The van der Waals surface area contributed by atoms with Gasteiger partial charge in [0.1, 0.15) is 0 Å². The molecule has 1 N–H and O–H groups in total. The van der Waals surface area contributed by atoms with E-state index in [9.17, 15) is 4.79 Å². The molecular formula is C23H27N3O. The molecule has 2 aromatic rings. The molecule has 4 heteroatoms. The third-order valence-electron chi connectivity index (χ3n) is 4.70. The molecule has 0 amide bonds. The number of piperidine rings is 1. The lowest BCUT2D eigenvalue weighted by Crippen LogP contribution is -2.28. The van der Waals surface area contributed by atoms with Gasteiger partial charge in [0.2, 0.25) is 0 Å². The first-order valence-electron chi connectivity index (χ1n) is 9.19. The zero-order chi connectivity index (χ0) is 19.4. The highest BCUT2D eigenvalue weighted by molar-refractivity contribution is 6.05. The summed E-state index contributed by atoms with van der Waals surface area (Å²) in [4.78, 5) is 16.7. The van der Waals surface area contributed by atoms with Gasteiger partial charge >= 0.3 is 0 Å².